The number of likely N-dealkylation sites (N-methyl/N-ethyl adjacent to an activating group) is 1. The molecule has 1 aromatic rings. The van der Waals surface area contributed by atoms with E-state index < -0.39 is 0 Å². The molecule has 1 aromatic carbocycles. The van der Waals surface area contributed by atoms with E-state index in [4.69, 9.17) is 5.73 Å². The second-order valence-electron chi connectivity index (χ2n) is 6.29. The Morgan fingerprint density at radius 3 is 2.06 bits per heavy atom. The van der Waals surface area contributed by atoms with Gasteiger partial charge < -0.3 is 5.73 Å². The van der Waals surface area contributed by atoms with Crippen LogP contribution >= 0.6 is 0 Å². The van der Waals surface area contributed by atoms with E-state index in [1.54, 1.807) is 0 Å². The van der Waals surface area contributed by atoms with Gasteiger partial charge in [-0.1, -0.05) is 38.1 Å². The molecule has 0 heterocycles. The molecule has 18 heavy (non-hydrogen) atoms. The molecular weight excluding hydrogens is 220 g/mol. The lowest BCUT2D eigenvalue weighted by molar-refractivity contribution is 0.156. The molecule has 0 atom stereocenters. The van der Waals surface area contributed by atoms with E-state index in [0.29, 0.717) is 6.54 Å². The Balaban J connectivity index is 2.64. The quantitative estimate of drug-likeness (QED) is 0.838. The number of benzene rings is 1. The summed E-state index contributed by atoms with van der Waals surface area (Å²) in [6.45, 7) is 10.5. The van der Waals surface area contributed by atoms with E-state index in [9.17, 15) is 0 Å². The summed E-state index contributed by atoms with van der Waals surface area (Å²) in [4.78, 5) is 2.31. The molecule has 0 spiro atoms. The monoisotopic (exact) mass is 248 g/mol. The van der Waals surface area contributed by atoms with Crippen LogP contribution in [0, 0.1) is 5.92 Å². The van der Waals surface area contributed by atoms with Crippen molar-refractivity contribution in [3.63, 3.8) is 0 Å². The molecule has 0 bridgehead atoms. The van der Waals surface area contributed by atoms with E-state index >= 15 is 0 Å². The lowest BCUT2D eigenvalue weighted by atomic mass is 10.00. The Kier molecular flexibility index (Phi) is 5.36. The van der Waals surface area contributed by atoms with Crippen LogP contribution in [0.5, 0.6) is 0 Å². The average Bonchev–Trinajstić information content (AvgIpc) is 2.31. The molecule has 0 radical (unpaired) electrons. The molecule has 0 aliphatic rings. The van der Waals surface area contributed by atoms with E-state index in [1.807, 2.05) is 0 Å². The summed E-state index contributed by atoms with van der Waals surface area (Å²) < 4.78 is 0. The molecule has 2 N–H and O–H groups in total. The van der Waals surface area contributed by atoms with Gasteiger partial charge >= 0.3 is 0 Å². The Morgan fingerprint density at radius 1 is 1.11 bits per heavy atom. The topological polar surface area (TPSA) is 29.3 Å². The first-order valence-electron chi connectivity index (χ1n) is 6.84. The van der Waals surface area contributed by atoms with Gasteiger partial charge in [0.25, 0.3) is 0 Å². The van der Waals surface area contributed by atoms with Gasteiger partial charge in [0.15, 0.2) is 0 Å². The van der Waals surface area contributed by atoms with Crippen LogP contribution in [0.4, 0.5) is 0 Å². The maximum absolute atomic E-state index is 5.80. The minimum Gasteiger partial charge on any atom is -0.329 e. The highest BCUT2D eigenvalue weighted by atomic mass is 15.2. The number of nitrogens with zero attached hydrogens (tertiary/aromatic N) is 1. The molecule has 0 fully saturated rings. The molecule has 2 heteroatoms. The Hall–Kier alpha value is -0.860. The van der Waals surface area contributed by atoms with Crippen molar-refractivity contribution < 1.29 is 0 Å². The summed E-state index contributed by atoms with van der Waals surface area (Å²) >= 11 is 0. The second-order valence-corrected chi connectivity index (χ2v) is 6.29. The molecule has 102 valence electrons. The highest BCUT2D eigenvalue weighted by Crippen LogP contribution is 2.16. The summed E-state index contributed by atoms with van der Waals surface area (Å²) in [6, 6.07) is 8.97. The third-order valence-corrected chi connectivity index (χ3v) is 3.62. The van der Waals surface area contributed by atoms with Gasteiger partial charge in [-0.2, -0.15) is 0 Å². The van der Waals surface area contributed by atoms with Crippen LogP contribution in [-0.4, -0.2) is 24.0 Å². The average molecular weight is 248 g/mol. The number of nitrogens with two attached hydrogens (primary N) is 1. The zero-order chi connectivity index (χ0) is 13.8. The SMILES string of the molecule is CC(C)Cc1ccc(CN(C)C(C)(C)CN)cc1. The minimum absolute atomic E-state index is 0.0522. The van der Waals surface area contributed by atoms with E-state index in [-0.39, 0.29) is 5.54 Å². The van der Waals surface area contributed by atoms with Crippen LogP contribution in [-0.2, 0) is 13.0 Å². The van der Waals surface area contributed by atoms with Gasteiger partial charge in [0.05, 0.1) is 0 Å². The lowest BCUT2D eigenvalue weighted by Crippen LogP contribution is -2.46. The first-order chi connectivity index (χ1) is 8.35. The summed E-state index contributed by atoms with van der Waals surface area (Å²) in [6.07, 6.45) is 1.16. The molecule has 0 amide bonds. The molecule has 0 aliphatic heterocycles. The molecule has 0 saturated heterocycles. The first kappa shape index (κ1) is 15.2. The maximum Gasteiger partial charge on any atom is 0.0275 e. The van der Waals surface area contributed by atoms with Crippen molar-refractivity contribution in [2.24, 2.45) is 11.7 Å². The minimum atomic E-state index is 0.0522. The summed E-state index contributed by atoms with van der Waals surface area (Å²) in [5.41, 5.74) is 8.63. The van der Waals surface area contributed by atoms with Crippen molar-refractivity contribution in [2.45, 2.75) is 46.2 Å². The highest BCUT2D eigenvalue weighted by Gasteiger charge is 2.21. The fraction of sp³-hybridized carbons (Fsp3) is 0.625. The molecule has 0 saturated carbocycles. The predicted molar refractivity (Wildman–Crippen MR) is 79.6 cm³/mol. The molecule has 0 aliphatic carbocycles. The zero-order valence-corrected chi connectivity index (χ0v) is 12.5. The van der Waals surface area contributed by atoms with E-state index in [1.165, 1.54) is 11.1 Å². The predicted octanol–water partition coefficient (Wildman–Crippen LogP) is 3.05. The van der Waals surface area contributed by atoms with Gasteiger partial charge in [-0.25, -0.2) is 0 Å². The van der Waals surface area contributed by atoms with Crippen molar-refractivity contribution in [3.05, 3.63) is 35.4 Å². The molecule has 0 unspecified atom stereocenters. The summed E-state index contributed by atoms with van der Waals surface area (Å²) in [5, 5.41) is 0. The van der Waals surface area contributed by atoms with Crippen molar-refractivity contribution in [1.82, 2.24) is 4.90 Å². The van der Waals surface area contributed by atoms with Crippen LogP contribution in [0.15, 0.2) is 24.3 Å². The van der Waals surface area contributed by atoms with E-state index in [0.717, 1.165) is 18.9 Å². The van der Waals surface area contributed by atoms with Gasteiger partial charge in [0, 0.05) is 18.6 Å². The Morgan fingerprint density at radius 2 is 1.61 bits per heavy atom. The van der Waals surface area contributed by atoms with Crippen molar-refractivity contribution >= 4 is 0 Å². The third-order valence-electron chi connectivity index (χ3n) is 3.62. The first-order valence-corrected chi connectivity index (χ1v) is 6.84. The second kappa shape index (κ2) is 6.35. The smallest absolute Gasteiger partial charge is 0.0275 e. The fourth-order valence-electron chi connectivity index (χ4n) is 1.90. The standard InChI is InChI=1S/C16H28N2/c1-13(2)10-14-6-8-15(9-7-14)11-18(5)16(3,4)12-17/h6-9,13H,10-12,17H2,1-5H3. The summed E-state index contributed by atoms with van der Waals surface area (Å²) in [7, 11) is 2.13. The van der Waals surface area contributed by atoms with Crippen LogP contribution in [0.1, 0.15) is 38.8 Å². The van der Waals surface area contributed by atoms with Gasteiger partial charge in [-0.05, 0) is 44.4 Å². The third kappa shape index (κ3) is 4.43. The molecular formula is C16H28N2. The molecule has 1 rings (SSSR count). The molecule has 2 nitrogen and oxygen atoms in total. The van der Waals surface area contributed by atoms with Crippen LogP contribution in [0.3, 0.4) is 0 Å². The number of hydrogen-bond donors (Lipinski definition) is 1. The Labute approximate surface area is 112 Å². The maximum atomic E-state index is 5.80. The normalized spacial score (nSPS) is 12.4. The van der Waals surface area contributed by atoms with Crippen LogP contribution in [0.2, 0.25) is 0 Å². The zero-order valence-electron chi connectivity index (χ0n) is 12.5. The van der Waals surface area contributed by atoms with Gasteiger partial charge in [-0.3, -0.25) is 4.90 Å². The lowest BCUT2D eigenvalue weighted by Gasteiger charge is -2.34. The van der Waals surface area contributed by atoms with Crippen LogP contribution < -0.4 is 5.73 Å². The number of rotatable bonds is 6. The van der Waals surface area contributed by atoms with Crippen molar-refractivity contribution in [3.8, 4) is 0 Å². The summed E-state index contributed by atoms with van der Waals surface area (Å²) in [5.74, 6) is 0.717. The Bertz CT molecular complexity index is 352. The van der Waals surface area contributed by atoms with Gasteiger partial charge in [-0.15, -0.1) is 0 Å². The van der Waals surface area contributed by atoms with Crippen molar-refractivity contribution in [2.75, 3.05) is 13.6 Å². The molecule has 0 aromatic heterocycles. The van der Waals surface area contributed by atoms with Crippen molar-refractivity contribution in [1.29, 1.82) is 0 Å². The van der Waals surface area contributed by atoms with E-state index in [2.05, 4.69) is 63.9 Å². The van der Waals surface area contributed by atoms with Gasteiger partial charge in [0.1, 0.15) is 0 Å². The fourth-order valence-corrected chi connectivity index (χ4v) is 1.90. The number of hydrogen-bond acceptors (Lipinski definition) is 2. The van der Waals surface area contributed by atoms with Crippen LogP contribution in [0.25, 0.3) is 0 Å². The van der Waals surface area contributed by atoms with Gasteiger partial charge in [0.2, 0.25) is 0 Å². The largest absolute Gasteiger partial charge is 0.329 e. The highest BCUT2D eigenvalue weighted by molar-refractivity contribution is 5.23.